The molecular weight excluding hydrogens is 214 g/mol. The van der Waals surface area contributed by atoms with Crippen LogP contribution in [0, 0.1) is 0 Å². The van der Waals surface area contributed by atoms with Crippen molar-refractivity contribution in [3.8, 4) is 0 Å². The van der Waals surface area contributed by atoms with Crippen LogP contribution in [0.4, 0.5) is 5.82 Å². The molecule has 0 bridgehead atoms. The Hall–Kier alpha value is -1.88. The van der Waals surface area contributed by atoms with E-state index in [0.29, 0.717) is 6.54 Å². The molecule has 0 aromatic carbocycles. The molecule has 2 N–H and O–H groups in total. The number of pyridine rings is 1. The minimum Gasteiger partial charge on any atom is -0.355 e. The van der Waals surface area contributed by atoms with E-state index < -0.39 is 0 Å². The Morgan fingerprint density at radius 3 is 2.88 bits per heavy atom. The summed E-state index contributed by atoms with van der Waals surface area (Å²) in [5.74, 6) is 0.928. The highest BCUT2D eigenvalue weighted by Crippen LogP contribution is 2.13. The Labute approximate surface area is 101 Å². The largest absolute Gasteiger partial charge is 0.355 e. The Morgan fingerprint density at radius 1 is 1.41 bits per heavy atom. The highest BCUT2D eigenvalue weighted by atomic mass is 15.2. The summed E-state index contributed by atoms with van der Waals surface area (Å²) < 4.78 is 1.80. The van der Waals surface area contributed by atoms with E-state index >= 15 is 0 Å². The Balaban J connectivity index is 2.11. The van der Waals surface area contributed by atoms with Crippen LogP contribution in [0.1, 0.15) is 11.1 Å². The van der Waals surface area contributed by atoms with Gasteiger partial charge in [-0.3, -0.25) is 4.68 Å². The van der Waals surface area contributed by atoms with Gasteiger partial charge in [-0.1, -0.05) is 0 Å². The monoisotopic (exact) mass is 231 g/mol. The number of hydrogen-bond acceptors (Lipinski definition) is 4. The first-order valence-electron chi connectivity index (χ1n) is 5.52. The van der Waals surface area contributed by atoms with E-state index in [4.69, 9.17) is 5.73 Å². The van der Waals surface area contributed by atoms with Crippen LogP contribution in [0.3, 0.4) is 0 Å². The van der Waals surface area contributed by atoms with Gasteiger partial charge in [0.15, 0.2) is 0 Å². The van der Waals surface area contributed by atoms with E-state index in [9.17, 15) is 0 Å². The number of hydrogen-bond donors (Lipinski definition) is 1. The number of nitrogens with two attached hydrogens (primary N) is 1. The molecule has 0 aliphatic rings. The fraction of sp³-hybridized carbons (Fsp3) is 0.333. The van der Waals surface area contributed by atoms with E-state index in [1.807, 2.05) is 38.6 Å². The third-order valence-electron chi connectivity index (χ3n) is 2.61. The summed E-state index contributed by atoms with van der Waals surface area (Å²) in [5.41, 5.74) is 7.87. The molecule has 0 atom stereocenters. The minimum atomic E-state index is 0.538. The Kier molecular flexibility index (Phi) is 3.39. The summed E-state index contributed by atoms with van der Waals surface area (Å²) in [6.07, 6.45) is 5.66. The quantitative estimate of drug-likeness (QED) is 0.849. The third kappa shape index (κ3) is 2.82. The lowest BCUT2D eigenvalue weighted by Crippen LogP contribution is -2.17. The lowest BCUT2D eigenvalue weighted by atomic mass is 10.2. The molecule has 2 heterocycles. The van der Waals surface area contributed by atoms with E-state index in [1.54, 1.807) is 10.9 Å². The predicted molar refractivity (Wildman–Crippen MR) is 67.4 cm³/mol. The molecule has 5 heteroatoms. The Morgan fingerprint density at radius 2 is 2.24 bits per heavy atom. The fourth-order valence-corrected chi connectivity index (χ4v) is 1.70. The van der Waals surface area contributed by atoms with Gasteiger partial charge < -0.3 is 10.6 Å². The van der Waals surface area contributed by atoms with Gasteiger partial charge in [-0.2, -0.15) is 5.10 Å². The van der Waals surface area contributed by atoms with Crippen molar-refractivity contribution in [2.45, 2.75) is 13.1 Å². The van der Waals surface area contributed by atoms with Crippen molar-refractivity contribution in [3.63, 3.8) is 0 Å². The van der Waals surface area contributed by atoms with Gasteiger partial charge in [0, 0.05) is 45.1 Å². The molecule has 2 aromatic rings. The van der Waals surface area contributed by atoms with Crippen LogP contribution in [0.15, 0.2) is 30.7 Å². The Bertz CT molecular complexity index is 491. The molecule has 0 saturated carbocycles. The van der Waals surface area contributed by atoms with Gasteiger partial charge in [-0.15, -0.1) is 0 Å². The van der Waals surface area contributed by atoms with Crippen molar-refractivity contribution in [1.29, 1.82) is 0 Å². The first-order chi connectivity index (χ1) is 8.19. The molecule has 0 aliphatic carbocycles. The normalized spacial score (nSPS) is 10.5. The molecule has 5 nitrogen and oxygen atoms in total. The van der Waals surface area contributed by atoms with Crippen molar-refractivity contribution >= 4 is 5.82 Å². The zero-order chi connectivity index (χ0) is 12.3. The van der Waals surface area contributed by atoms with Gasteiger partial charge >= 0.3 is 0 Å². The minimum absolute atomic E-state index is 0.538. The average molecular weight is 231 g/mol. The highest BCUT2D eigenvalue weighted by Gasteiger charge is 2.05. The second kappa shape index (κ2) is 4.97. The molecule has 2 rings (SSSR count). The zero-order valence-corrected chi connectivity index (χ0v) is 10.2. The topological polar surface area (TPSA) is 60.0 Å². The van der Waals surface area contributed by atoms with Crippen LogP contribution >= 0.6 is 0 Å². The summed E-state index contributed by atoms with van der Waals surface area (Å²) in [5, 5.41) is 4.15. The average Bonchev–Trinajstić information content (AvgIpc) is 2.75. The maximum absolute atomic E-state index is 5.62. The smallest absolute Gasteiger partial charge is 0.128 e. The maximum atomic E-state index is 5.62. The van der Waals surface area contributed by atoms with Gasteiger partial charge in [0.05, 0.1) is 6.20 Å². The van der Waals surface area contributed by atoms with Gasteiger partial charge in [-0.25, -0.2) is 4.98 Å². The van der Waals surface area contributed by atoms with Crippen LogP contribution in [0.5, 0.6) is 0 Å². The van der Waals surface area contributed by atoms with Crippen molar-refractivity contribution in [3.05, 3.63) is 41.9 Å². The third-order valence-corrected chi connectivity index (χ3v) is 2.61. The molecule has 0 aliphatic heterocycles. The van der Waals surface area contributed by atoms with Crippen molar-refractivity contribution < 1.29 is 0 Å². The van der Waals surface area contributed by atoms with E-state index in [2.05, 4.69) is 15.0 Å². The number of rotatable bonds is 4. The van der Waals surface area contributed by atoms with Gasteiger partial charge in [0.2, 0.25) is 0 Å². The first-order valence-corrected chi connectivity index (χ1v) is 5.52. The number of nitrogens with zero attached hydrogens (tertiary/aromatic N) is 4. The molecule has 0 saturated heterocycles. The van der Waals surface area contributed by atoms with E-state index in [-0.39, 0.29) is 0 Å². The van der Waals surface area contributed by atoms with Crippen molar-refractivity contribution in [2.24, 2.45) is 12.8 Å². The molecule has 0 unspecified atom stereocenters. The number of aryl methyl sites for hydroxylation is 1. The second-order valence-corrected chi connectivity index (χ2v) is 4.10. The van der Waals surface area contributed by atoms with Gasteiger partial charge in [-0.05, 0) is 17.7 Å². The number of aromatic nitrogens is 3. The summed E-state index contributed by atoms with van der Waals surface area (Å²) in [7, 11) is 3.92. The first kappa shape index (κ1) is 11.6. The van der Waals surface area contributed by atoms with Gasteiger partial charge in [0.25, 0.3) is 0 Å². The molecule has 2 aromatic heterocycles. The molecule has 0 radical (unpaired) electrons. The van der Waals surface area contributed by atoms with E-state index in [0.717, 1.165) is 23.5 Å². The summed E-state index contributed by atoms with van der Waals surface area (Å²) in [6.45, 7) is 1.32. The fourth-order valence-electron chi connectivity index (χ4n) is 1.70. The van der Waals surface area contributed by atoms with Gasteiger partial charge in [0.1, 0.15) is 5.82 Å². The SMILES string of the molecule is CN(Cc1cnn(C)c1)c1cc(CN)ccn1. The zero-order valence-electron chi connectivity index (χ0n) is 10.2. The predicted octanol–water partition coefficient (Wildman–Crippen LogP) is 0.910. The van der Waals surface area contributed by atoms with Crippen LogP contribution in [-0.4, -0.2) is 21.8 Å². The van der Waals surface area contributed by atoms with Crippen molar-refractivity contribution in [1.82, 2.24) is 14.8 Å². The van der Waals surface area contributed by atoms with Crippen LogP contribution in [-0.2, 0) is 20.1 Å². The molecule has 90 valence electrons. The van der Waals surface area contributed by atoms with Crippen LogP contribution in [0.25, 0.3) is 0 Å². The standard InChI is InChI=1S/C12H17N5/c1-16(8-11-7-15-17(2)9-11)12-5-10(6-13)3-4-14-12/h3-5,7,9H,6,8,13H2,1-2H3. The molecule has 0 fully saturated rings. The summed E-state index contributed by atoms with van der Waals surface area (Å²) in [6, 6.07) is 3.94. The van der Waals surface area contributed by atoms with E-state index in [1.165, 1.54) is 0 Å². The highest BCUT2D eigenvalue weighted by molar-refractivity contribution is 5.40. The van der Waals surface area contributed by atoms with Crippen molar-refractivity contribution in [2.75, 3.05) is 11.9 Å². The second-order valence-electron chi connectivity index (χ2n) is 4.10. The molecule has 0 spiro atoms. The summed E-state index contributed by atoms with van der Waals surface area (Å²) >= 11 is 0. The molecule has 17 heavy (non-hydrogen) atoms. The van der Waals surface area contributed by atoms with Crippen LogP contribution < -0.4 is 10.6 Å². The number of anilines is 1. The molecular formula is C12H17N5. The molecule has 0 amide bonds. The maximum Gasteiger partial charge on any atom is 0.128 e. The van der Waals surface area contributed by atoms with Crippen LogP contribution in [0.2, 0.25) is 0 Å². The lowest BCUT2D eigenvalue weighted by Gasteiger charge is -2.17. The lowest BCUT2D eigenvalue weighted by molar-refractivity contribution is 0.766. The summed E-state index contributed by atoms with van der Waals surface area (Å²) in [4.78, 5) is 6.41.